The molecule has 2 aromatic rings. The zero-order chi connectivity index (χ0) is 25.5. The summed E-state index contributed by atoms with van der Waals surface area (Å²) in [6.45, 7) is 21.7. The molecule has 2 rings (SSSR count). The number of unbranched alkanes of at least 4 members (excludes halogenated alkanes) is 1. The van der Waals surface area contributed by atoms with Crippen LogP contribution in [0.1, 0.15) is 71.4 Å². The van der Waals surface area contributed by atoms with E-state index in [0.717, 1.165) is 54.7 Å². The molecule has 5 heteroatoms. The number of hydrogen-bond donors (Lipinski definition) is 0. The largest absolute Gasteiger partial charge is 0.496 e. The number of rotatable bonds is 13. The molecule has 0 fully saturated rings. The maximum atomic E-state index is 5.72. The van der Waals surface area contributed by atoms with Crippen LogP contribution in [0.3, 0.4) is 0 Å². The maximum absolute atomic E-state index is 5.72. The van der Waals surface area contributed by atoms with Gasteiger partial charge < -0.3 is 36.0 Å². The smallest absolute Gasteiger partial charge is 0.119 e. The predicted molar refractivity (Wildman–Crippen MR) is 162 cm³/mol. The van der Waals surface area contributed by atoms with Gasteiger partial charge in [0.1, 0.15) is 5.75 Å². The van der Waals surface area contributed by atoms with Crippen LogP contribution in [0.25, 0.3) is 0 Å². The molecule has 0 radical (unpaired) electrons. The molecular formula is C32H51BrNiO3-4. The monoisotopic (exact) mass is 620 g/mol. The second-order valence-electron chi connectivity index (χ2n) is 10.3. The van der Waals surface area contributed by atoms with E-state index in [9.17, 15) is 0 Å². The number of alkyl halides is 1. The van der Waals surface area contributed by atoms with Gasteiger partial charge >= 0.3 is 0 Å². The third kappa shape index (κ3) is 19.6. The van der Waals surface area contributed by atoms with Gasteiger partial charge in [-0.05, 0) is 47.8 Å². The van der Waals surface area contributed by atoms with Crippen molar-refractivity contribution in [1.82, 2.24) is 0 Å². The van der Waals surface area contributed by atoms with Gasteiger partial charge in [-0.15, -0.1) is 0 Å². The van der Waals surface area contributed by atoms with Gasteiger partial charge in [0.05, 0.1) is 19.0 Å². The number of benzene rings is 2. The molecule has 3 nitrogen and oxygen atoms in total. The van der Waals surface area contributed by atoms with Crippen LogP contribution in [0, 0.1) is 34.1 Å². The summed E-state index contributed by atoms with van der Waals surface area (Å²) in [5.74, 6) is 1.86. The minimum absolute atomic E-state index is 0. The third-order valence-corrected chi connectivity index (χ3v) is 5.73. The molecule has 0 unspecified atom stereocenters. The van der Waals surface area contributed by atoms with Gasteiger partial charge in [0.2, 0.25) is 0 Å². The predicted octanol–water partition coefficient (Wildman–Crippen LogP) is 9.34. The van der Waals surface area contributed by atoms with Gasteiger partial charge in [-0.3, -0.25) is 0 Å². The molecule has 0 N–H and O–H groups in total. The number of ether oxygens (including phenoxy) is 3. The molecule has 37 heavy (non-hydrogen) atoms. The molecule has 0 bridgehead atoms. The summed E-state index contributed by atoms with van der Waals surface area (Å²) in [6, 6.07) is 16.3. The molecule has 0 saturated heterocycles. The van der Waals surface area contributed by atoms with Crippen molar-refractivity contribution in [2.75, 3.05) is 31.8 Å². The first-order chi connectivity index (χ1) is 16.1. The molecule has 2 aromatic carbocycles. The Hall–Kier alpha value is -1.16. The van der Waals surface area contributed by atoms with Crippen molar-refractivity contribution in [3.63, 3.8) is 0 Å². The fourth-order valence-corrected chi connectivity index (χ4v) is 4.25. The van der Waals surface area contributed by atoms with E-state index in [1.54, 1.807) is 0 Å². The standard InChI is InChI=1S/C19H31O2.C11H14BrO.2CH3.Ni/c1-7-20-13-8-14-21-17-11-9-16(10-12-17)19(5,6)15-18(2,3)4;1-10-4-6-11(7-5-10)13-9-3-2-8-12;;;/h9-12H,1,7-8,13-15H2,2-6H3;4-7H,1-3,8-9H2;2*1H3;/q4*-1;. The fourth-order valence-electron chi connectivity index (χ4n) is 3.86. The molecule has 0 heterocycles. The van der Waals surface area contributed by atoms with Crippen LogP contribution in [-0.2, 0) is 26.6 Å². The van der Waals surface area contributed by atoms with Gasteiger partial charge in [0.25, 0.3) is 0 Å². The van der Waals surface area contributed by atoms with Crippen molar-refractivity contribution < 1.29 is 30.7 Å². The summed E-state index contributed by atoms with van der Waals surface area (Å²) in [6.07, 6.45) is 4.31. The average Bonchev–Trinajstić information content (AvgIpc) is 2.77. The van der Waals surface area contributed by atoms with Gasteiger partial charge in [0, 0.05) is 34.8 Å². The van der Waals surface area contributed by atoms with E-state index in [1.165, 1.54) is 5.56 Å². The normalized spacial score (nSPS) is 10.6. The van der Waals surface area contributed by atoms with Gasteiger partial charge in [-0.1, -0.05) is 81.4 Å². The van der Waals surface area contributed by atoms with Crippen LogP contribution in [0.5, 0.6) is 11.5 Å². The van der Waals surface area contributed by atoms with E-state index in [0.29, 0.717) is 25.2 Å². The van der Waals surface area contributed by atoms with Gasteiger partial charge in [0.15, 0.2) is 0 Å². The molecule has 0 saturated carbocycles. The van der Waals surface area contributed by atoms with E-state index in [1.807, 2.05) is 24.3 Å². The van der Waals surface area contributed by atoms with Crippen molar-refractivity contribution in [3.8, 4) is 11.5 Å². The molecule has 218 valence electrons. The number of hydrogen-bond acceptors (Lipinski definition) is 3. The maximum Gasteiger partial charge on any atom is 0.119 e. The SMILES string of the molecule is [CH2-]COCCCOc1ccc(C(C)(C)CC(C)(C)C)cc1.[CH2-]c1ccc(OCCCCBr)cc1.[CH3-].[CH3-].[Ni]. The second kappa shape index (κ2) is 21.7. The molecule has 0 amide bonds. The summed E-state index contributed by atoms with van der Waals surface area (Å²) in [5.41, 5.74) is 2.89. The van der Waals surface area contributed by atoms with Crippen LogP contribution in [0.2, 0.25) is 0 Å². The summed E-state index contributed by atoms with van der Waals surface area (Å²) in [5, 5.41) is 1.05. The van der Waals surface area contributed by atoms with E-state index in [2.05, 4.69) is 88.7 Å². The molecule has 0 aromatic heterocycles. The van der Waals surface area contributed by atoms with E-state index in [-0.39, 0.29) is 36.8 Å². The van der Waals surface area contributed by atoms with Crippen molar-refractivity contribution >= 4 is 15.9 Å². The Morgan fingerprint density at radius 1 is 0.730 bits per heavy atom. The van der Waals surface area contributed by atoms with Crippen LogP contribution < -0.4 is 9.47 Å². The van der Waals surface area contributed by atoms with Gasteiger partial charge in [-0.25, -0.2) is 0 Å². The molecular weight excluding hydrogens is 571 g/mol. The molecule has 0 atom stereocenters. The Bertz CT molecular complexity index is 768. The minimum Gasteiger partial charge on any atom is -0.496 e. The topological polar surface area (TPSA) is 27.7 Å². The first kappa shape index (κ1) is 40.3. The van der Waals surface area contributed by atoms with Crippen molar-refractivity contribution in [1.29, 1.82) is 0 Å². The molecule has 0 aliphatic heterocycles. The number of halogens is 1. The van der Waals surface area contributed by atoms with Crippen LogP contribution >= 0.6 is 15.9 Å². The Balaban J connectivity index is -0.000000630. The minimum atomic E-state index is 0. The van der Waals surface area contributed by atoms with Crippen LogP contribution in [-0.4, -0.2) is 31.8 Å². The van der Waals surface area contributed by atoms with Crippen LogP contribution in [0.15, 0.2) is 48.5 Å². The first-order valence-corrected chi connectivity index (χ1v) is 13.4. The zero-order valence-corrected chi connectivity index (χ0v) is 26.9. The Labute approximate surface area is 248 Å². The Morgan fingerprint density at radius 3 is 1.68 bits per heavy atom. The molecule has 0 aliphatic rings. The first-order valence-electron chi connectivity index (χ1n) is 12.3. The summed E-state index contributed by atoms with van der Waals surface area (Å²) < 4.78 is 16.4. The van der Waals surface area contributed by atoms with Crippen LogP contribution in [0.4, 0.5) is 0 Å². The quantitative estimate of drug-likeness (QED) is 0.0965. The average molecular weight is 622 g/mol. The summed E-state index contributed by atoms with van der Waals surface area (Å²) in [7, 11) is 0. The Kier molecular flexibility index (Phi) is 23.7. The van der Waals surface area contributed by atoms with E-state index >= 15 is 0 Å². The summed E-state index contributed by atoms with van der Waals surface area (Å²) in [4.78, 5) is 0. The second-order valence-corrected chi connectivity index (χ2v) is 11.1. The van der Waals surface area contributed by atoms with Crippen molar-refractivity contribution in [2.24, 2.45) is 5.41 Å². The summed E-state index contributed by atoms with van der Waals surface area (Å²) >= 11 is 3.38. The molecule has 0 spiro atoms. The van der Waals surface area contributed by atoms with Crippen molar-refractivity contribution in [2.45, 2.75) is 65.7 Å². The third-order valence-electron chi connectivity index (χ3n) is 5.17. The van der Waals surface area contributed by atoms with E-state index in [4.69, 9.17) is 14.2 Å². The van der Waals surface area contributed by atoms with Crippen molar-refractivity contribution in [3.05, 3.63) is 88.4 Å². The van der Waals surface area contributed by atoms with E-state index < -0.39 is 0 Å². The fraction of sp³-hybridized carbons (Fsp3) is 0.500. The zero-order valence-electron chi connectivity index (χ0n) is 24.3. The molecule has 0 aliphatic carbocycles. The van der Waals surface area contributed by atoms with Gasteiger partial charge in [-0.2, -0.15) is 24.6 Å². The Morgan fingerprint density at radius 2 is 1.22 bits per heavy atom.